The van der Waals surface area contributed by atoms with Crippen LogP contribution >= 0.6 is 0 Å². The molecule has 4 rings (SSSR count). The summed E-state index contributed by atoms with van der Waals surface area (Å²) in [6.07, 6.45) is 3.14. The summed E-state index contributed by atoms with van der Waals surface area (Å²) in [5, 5.41) is 11.5. The number of ether oxygens (including phenoxy) is 3. The van der Waals surface area contributed by atoms with E-state index in [9.17, 15) is 4.79 Å². The van der Waals surface area contributed by atoms with E-state index in [-0.39, 0.29) is 12.0 Å². The molecule has 29 heavy (non-hydrogen) atoms. The van der Waals surface area contributed by atoms with Gasteiger partial charge in [-0.15, -0.1) is 10.2 Å². The van der Waals surface area contributed by atoms with Gasteiger partial charge in [0.2, 0.25) is 0 Å². The summed E-state index contributed by atoms with van der Waals surface area (Å²) < 4.78 is 16.3. The van der Waals surface area contributed by atoms with Gasteiger partial charge in [-0.05, 0) is 54.7 Å². The third-order valence-electron chi connectivity index (χ3n) is 5.42. The number of amides is 1. The van der Waals surface area contributed by atoms with Crippen molar-refractivity contribution in [1.82, 2.24) is 15.1 Å². The first-order valence-electron chi connectivity index (χ1n) is 9.90. The number of nitrogens with one attached hydrogen (secondary N) is 1. The van der Waals surface area contributed by atoms with Crippen LogP contribution in [-0.2, 0) is 17.7 Å². The van der Waals surface area contributed by atoms with Crippen LogP contribution in [0, 0.1) is 0 Å². The Kier molecular flexibility index (Phi) is 5.80. The molecule has 1 aromatic heterocycles. The van der Waals surface area contributed by atoms with Crippen molar-refractivity contribution in [2.24, 2.45) is 0 Å². The molecular weight excluding hydrogens is 372 g/mol. The fourth-order valence-electron chi connectivity index (χ4n) is 3.78. The lowest BCUT2D eigenvalue weighted by Gasteiger charge is -2.29. The van der Waals surface area contributed by atoms with Crippen molar-refractivity contribution in [3.63, 3.8) is 0 Å². The number of benzene rings is 1. The van der Waals surface area contributed by atoms with Crippen LogP contribution in [0.2, 0.25) is 0 Å². The van der Waals surface area contributed by atoms with Crippen molar-refractivity contribution in [1.29, 1.82) is 0 Å². The lowest BCUT2D eigenvalue weighted by molar-refractivity contribution is 0.0727. The maximum atomic E-state index is 12.9. The smallest absolute Gasteiger partial charge is 0.274 e. The van der Waals surface area contributed by atoms with E-state index in [0.717, 1.165) is 31.4 Å². The molecule has 2 aliphatic rings. The molecule has 1 fully saturated rings. The minimum absolute atomic E-state index is 0.122. The Balaban J connectivity index is 1.41. The second-order valence-corrected chi connectivity index (χ2v) is 7.27. The number of fused-ring (bicyclic) bond motifs is 1. The van der Waals surface area contributed by atoms with E-state index in [2.05, 4.69) is 15.5 Å². The first-order chi connectivity index (χ1) is 14.2. The van der Waals surface area contributed by atoms with Gasteiger partial charge in [-0.25, -0.2) is 0 Å². The molecule has 1 aromatic carbocycles. The number of carbonyl (C=O) groups is 1. The predicted molar refractivity (Wildman–Crippen MR) is 107 cm³/mol. The molecule has 1 atom stereocenters. The van der Waals surface area contributed by atoms with Crippen molar-refractivity contribution in [2.75, 3.05) is 39.2 Å². The number of nitrogens with zero attached hydrogens (tertiary/aromatic N) is 3. The van der Waals surface area contributed by atoms with Gasteiger partial charge in [0.15, 0.2) is 17.2 Å². The first kappa shape index (κ1) is 19.4. The summed E-state index contributed by atoms with van der Waals surface area (Å²) in [6.45, 7) is 2.66. The van der Waals surface area contributed by atoms with Gasteiger partial charge in [0, 0.05) is 26.2 Å². The van der Waals surface area contributed by atoms with E-state index in [1.807, 2.05) is 12.1 Å². The highest BCUT2D eigenvalue weighted by atomic mass is 16.5. The monoisotopic (exact) mass is 398 g/mol. The summed E-state index contributed by atoms with van der Waals surface area (Å²) in [6, 6.07) is 7.44. The highest BCUT2D eigenvalue weighted by molar-refractivity contribution is 5.92. The van der Waals surface area contributed by atoms with E-state index in [1.165, 1.54) is 5.56 Å². The second-order valence-electron chi connectivity index (χ2n) is 7.27. The molecule has 8 heteroatoms. The number of hydrogen-bond donors (Lipinski definition) is 1. The predicted octanol–water partition coefficient (Wildman–Crippen LogP) is 2.28. The van der Waals surface area contributed by atoms with Crippen LogP contribution in [-0.4, -0.2) is 61.0 Å². The van der Waals surface area contributed by atoms with Gasteiger partial charge in [-0.2, -0.15) is 0 Å². The molecule has 0 bridgehead atoms. The fourth-order valence-corrected chi connectivity index (χ4v) is 3.78. The molecule has 0 spiro atoms. The Morgan fingerprint density at radius 1 is 1.21 bits per heavy atom. The van der Waals surface area contributed by atoms with Crippen molar-refractivity contribution in [3.8, 4) is 11.5 Å². The lowest BCUT2D eigenvalue weighted by Crippen LogP contribution is -2.36. The van der Waals surface area contributed by atoms with E-state index in [0.29, 0.717) is 42.6 Å². The van der Waals surface area contributed by atoms with Gasteiger partial charge in [0.1, 0.15) is 5.82 Å². The minimum atomic E-state index is -0.122. The Morgan fingerprint density at radius 2 is 2.00 bits per heavy atom. The molecule has 0 radical (unpaired) electrons. The standard InChI is InChI=1S/C21H26N4O4/c1-27-18-10-14-7-8-25(13-15(14)11-19(18)28-2)21(26)17-5-6-20(24-23-17)22-12-16-4-3-9-29-16/h5-6,10-11,16H,3-4,7-9,12-13H2,1-2H3,(H,22,24). The number of anilines is 1. The quantitative estimate of drug-likeness (QED) is 0.799. The number of aromatic nitrogens is 2. The topological polar surface area (TPSA) is 85.8 Å². The highest BCUT2D eigenvalue weighted by Crippen LogP contribution is 2.33. The van der Waals surface area contributed by atoms with Crippen LogP contribution in [0.4, 0.5) is 5.82 Å². The fraction of sp³-hybridized carbons (Fsp3) is 0.476. The minimum Gasteiger partial charge on any atom is -0.493 e. The van der Waals surface area contributed by atoms with E-state index in [4.69, 9.17) is 14.2 Å². The summed E-state index contributed by atoms with van der Waals surface area (Å²) in [5.41, 5.74) is 2.58. The zero-order chi connectivity index (χ0) is 20.2. The van der Waals surface area contributed by atoms with E-state index in [1.54, 1.807) is 31.3 Å². The zero-order valence-electron chi connectivity index (χ0n) is 16.8. The molecule has 2 aromatic rings. The Hall–Kier alpha value is -2.87. The maximum absolute atomic E-state index is 12.9. The number of methoxy groups -OCH3 is 2. The summed E-state index contributed by atoms with van der Waals surface area (Å²) in [7, 11) is 3.24. The molecule has 1 unspecified atom stereocenters. The highest BCUT2D eigenvalue weighted by Gasteiger charge is 2.25. The third kappa shape index (κ3) is 4.27. The maximum Gasteiger partial charge on any atom is 0.274 e. The van der Waals surface area contributed by atoms with Crippen molar-refractivity contribution in [3.05, 3.63) is 41.1 Å². The van der Waals surface area contributed by atoms with Crippen LogP contribution in [0.5, 0.6) is 11.5 Å². The Morgan fingerprint density at radius 3 is 2.66 bits per heavy atom. The second kappa shape index (κ2) is 8.65. The summed E-state index contributed by atoms with van der Waals surface area (Å²) >= 11 is 0. The average Bonchev–Trinajstić information content (AvgIpc) is 3.30. The van der Waals surface area contributed by atoms with Gasteiger partial charge >= 0.3 is 0 Å². The molecular formula is C21H26N4O4. The molecule has 1 amide bonds. The molecule has 3 heterocycles. The van der Waals surface area contributed by atoms with Crippen LogP contribution in [0.1, 0.15) is 34.5 Å². The summed E-state index contributed by atoms with van der Waals surface area (Å²) in [4.78, 5) is 14.7. The van der Waals surface area contributed by atoms with Gasteiger partial charge in [-0.1, -0.05) is 0 Å². The molecule has 0 saturated carbocycles. The average molecular weight is 398 g/mol. The van der Waals surface area contributed by atoms with E-state index < -0.39 is 0 Å². The normalized spacial score (nSPS) is 18.3. The Bertz CT molecular complexity index is 866. The zero-order valence-corrected chi connectivity index (χ0v) is 16.8. The van der Waals surface area contributed by atoms with Crippen LogP contribution in [0.3, 0.4) is 0 Å². The molecule has 1 saturated heterocycles. The lowest BCUT2D eigenvalue weighted by atomic mass is 9.98. The first-order valence-corrected chi connectivity index (χ1v) is 9.90. The SMILES string of the molecule is COc1cc2c(cc1OC)CN(C(=O)c1ccc(NCC3CCCO3)nn1)CC2. The van der Waals surface area contributed by atoms with Gasteiger partial charge in [0.05, 0.1) is 20.3 Å². The Labute approximate surface area is 170 Å². The van der Waals surface area contributed by atoms with Crippen LogP contribution in [0.15, 0.2) is 24.3 Å². The van der Waals surface area contributed by atoms with E-state index >= 15 is 0 Å². The summed E-state index contributed by atoms with van der Waals surface area (Å²) in [5.74, 6) is 1.91. The number of carbonyl (C=O) groups excluding carboxylic acids is 1. The molecule has 0 aliphatic carbocycles. The van der Waals surface area contributed by atoms with Crippen molar-refractivity contribution >= 4 is 11.7 Å². The van der Waals surface area contributed by atoms with Gasteiger partial charge in [-0.3, -0.25) is 4.79 Å². The van der Waals surface area contributed by atoms with Crippen LogP contribution in [0.25, 0.3) is 0 Å². The molecule has 1 N–H and O–H groups in total. The van der Waals surface area contributed by atoms with Crippen molar-refractivity contribution < 1.29 is 19.0 Å². The van der Waals surface area contributed by atoms with Crippen LogP contribution < -0.4 is 14.8 Å². The number of rotatable bonds is 6. The van der Waals surface area contributed by atoms with Gasteiger partial charge in [0.25, 0.3) is 5.91 Å². The third-order valence-corrected chi connectivity index (χ3v) is 5.42. The van der Waals surface area contributed by atoms with Gasteiger partial charge < -0.3 is 24.4 Å². The molecule has 154 valence electrons. The molecule has 8 nitrogen and oxygen atoms in total. The largest absolute Gasteiger partial charge is 0.493 e. The van der Waals surface area contributed by atoms with Crippen molar-refractivity contribution in [2.45, 2.75) is 31.9 Å². The molecule has 2 aliphatic heterocycles. The number of hydrogen-bond acceptors (Lipinski definition) is 7.